The molecule has 0 amide bonds. The third-order valence-corrected chi connectivity index (χ3v) is 3.07. The van der Waals surface area contributed by atoms with Gasteiger partial charge in [0.25, 0.3) is 0 Å². The van der Waals surface area contributed by atoms with E-state index in [1.54, 1.807) is 17.0 Å². The molecular weight excluding hydrogens is 276 g/mol. The average Bonchev–Trinajstić information content (AvgIpc) is 2.48. The average molecular weight is 291 g/mol. The van der Waals surface area contributed by atoms with Gasteiger partial charge in [-0.25, -0.2) is 8.78 Å². The Hall–Kier alpha value is -2.63. The van der Waals surface area contributed by atoms with Gasteiger partial charge in [-0.3, -0.25) is 0 Å². The summed E-state index contributed by atoms with van der Waals surface area (Å²) in [5.41, 5.74) is 6.96. The summed E-state index contributed by atoms with van der Waals surface area (Å²) in [4.78, 5) is 1.75. The Balaban J connectivity index is 2.57. The van der Waals surface area contributed by atoms with Crippen molar-refractivity contribution in [3.8, 4) is 0 Å². The van der Waals surface area contributed by atoms with Gasteiger partial charge < -0.3 is 15.8 Å². The van der Waals surface area contributed by atoms with Gasteiger partial charge in [0, 0.05) is 17.8 Å². The van der Waals surface area contributed by atoms with E-state index >= 15 is 0 Å². The minimum absolute atomic E-state index is 0.209. The zero-order chi connectivity index (χ0) is 15.4. The maximum absolute atomic E-state index is 13.4. The zero-order valence-electron chi connectivity index (χ0n) is 11.4. The van der Waals surface area contributed by atoms with E-state index in [9.17, 15) is 8.78 Å². The van der Waals surface area contributed by atoms with Crippen molar-refractivity contribution in [3.05, 3.63) is 59.7 Å². The molecule has 0 saturated heterocycles. The molecule has 2 aromatic carbocycles. The SMILES string of the molecule is CCN(c1cccc(F)c1)c1ccc(F)cc1C(N)=NO. The molecule has 0 unspecified atom stereocenters. The molecule has 0 aliphatic carbocycles. The second-order valence-electron chi connectivity index (χ2n) is 4.37. The van der Waals surface area contributed by atoms with Gasteiger partial charge in [0.2, 0.25) is 0 Å². The molecule has 0 heterocycles. The minimum atomic E-state index is -0.504. The van der Waals surface area contributed by atoms with E-state index in [1.165, 1.54) is 30.3 Å². The molecule has 2 aromatic rings. The highest BCUT2D eigenvalue weighted by molar-refractivity contribution is 6.03. The Kier molecular flexibility index (Phi) is 4.37. The Morgan fingerprint density at radius 3 is 2.52 bits per heavy atom. The quantitative estimate of drug-likeness (QED) is 0.393. The molecule has 0 atom stereocenters. The molecule has 110 valence electrons. The van der Waals surface area contributed by atoms with Crippen LogP contribution in [0, 0.1) is 11.6 Å². The molecule has 0 aliphatic heterocycles. The van der Waals surface area contributed by atoms with Crippen molar-refractivity contribution in [1.29, 1.82) is 0 Å². The van der Waals surface area contributed by atoms with Crippen molar-refractivity contribution in [2.24, 2.45) is 10.9 Å². The number of nitrogens with zero attached hydrogens (tertiary/aromatic N) is 2. The molecule has 0 spiro atoms. The first-order valence-electron chi connectivity index (χ1n) is 6.37. The lowest BCUT2D eigenvalue weighted by molar-refractivity contribution is 0.318. The molecule has 21 heavy (non-hydrogen) atoms. The molecule has 3 N–H and O–H groups in total. The summed E-state index contributed by atoms with van der Waals surface area (Å²) in [6.45, 7) is 2.37. The molecule has 2 rings (SSSR count). The van der Waals surface area contributed by atoms with Crippen molar-refractivity contribution in [2.75, 3.05) is 11.4 Å². The van der Waals surface area contributed by atoms with Crippen LogP contribution in [0.4, 0.5) is 20.2 Å². The molecule has 0 aromatic heterocycles. The van der Waals surface area contributed by atoms with Crippen LogP contribution in [0.3, 0.4) is 0 Å². The number of hydrogen-bond donors (Lipinski definition) is 2. The molecule has 0 saturated carbocycles. The van der Waals surface area contributed by atoms with Crippen LogP contribution in [0.15, 0.2) is 47.6 Å². The number of hydrogen-bond acceptors (Lipinski definition) is 3. The van der Waals surface area contributed by atoms with Gasteiger partial charge in [-0.2, -0.15) is 0 Å². The lowest BCUT2D eigenvalue weighted by Gasteiger charge is -2.25. The van der Waals surface area contributed by atoms with Crippen LogP contribution >= 0.6 is 0 Å². The van der Waals surface area contributed by atoms with Crippen LogP contribution in [0.2, 0.25) is 0 Å². The fourth-order valence-corrected chi connectivity index (χ4v) is 2.14. The van der Waals surface area contributed by atoms with Gasteiger partial charge in [-0.05, 0) is 43.3 Å². The number of anilines is 2. The smallest absolute Gasteiger partial charge is 0.172 e. The Bertz CT molecular complexity index is 674. The van der Waals surface area contributed by atoms with Crippen LogP contribution < -0.4 is 10.6 Å². The number of rotatable bonds is 4. The standard InChI is InChI=1S/C15H15F2N3O/c1-2-20(12-5-3-4-10(16)8-12)14-7-6-11(17)9-13(14)15(18)19-21/h3-9,21H,2H2,1H3,(H2,18,19). The van der Waals surface area contributed by atoms with E-state index in [4.69, 9.17) is 10.9 Å². The van der Waals surface area contributed by atoms with Crippen molar-refractivity contribution < 1.29 is 14.0 Å². The molecule has 4 nitrogen and oxygen atoms in total. The predicted molar refractivity (Wildman–Crippen MR) is 78.0 cm³/mol. The number of nitrogens with two attached hydrogens (primary N) is 1. The summed E-state index contributed by atoms with van der Waals surface area (Å²) < 4.78 is 26.8. The second kappa shape index (κ2) is 6.21. The Morgan fingerprint density at radius 1 is 1.19 bits per heavy atom. The monoisotopic (exact) mass is 291 g/mol. The fourth-order valence-electron chi connectivity index (χ4n) is 2.14. The van der Waals surface area contributed by atoms with Crippen LogP contribution in [-0.2, 0) is 0 Å². The van der Waals surface area contributed by atoms with E-state index in [0.29, 0.717) is 17.9 Å². The van der Waals surface area contributed by atoms with Crippen molar-refractivity contribution in [3.63, 3.8) is 0 Å². The summed E-state index contributed by atoms with van der Waals surface area (Å²) >= 11 is 0. The van der Waals surface area contributed by atoms with Crippen LogP contribution in [0.25, 0.3) is 0 Å². The molecule has 6 heteroatoms. The number of halogens is 2. The van der Waals surface area contributed by atoms with E-state index in [1.807, 2.05) is 6.92 Å². The van der Waals surface area contributed by atoms with E-state index in [-0.39, 0.29) is 17.2 Å². The highest BCUT2D eigenvalue weighted by Gasteiger charge is 2.16. The normalized spacial score (nSPS) is 11.5. The van der Waals surface area contributed by atoms with E-state index in [2.05, 4.69) is 5.16 Å². The Morgan fingerprint density at radius 2 is 1.90 bits per heavy atom. The third-order valence-electron chi connectivity index (χ3n) is 3.07. The molecular formula is C15H15F2N3O. The third kappa shape index (κ3) is 3.10. The maximum Gasteiger partial charge on any atom is 0.172 e. The lowest BCUT2D eigenvalue weighted by Crippen LogP contribution is -2.22. The largest absolute Gasteiger partial charge is 0.409 e. The molecule has 0 fully saturated rings. The van der Waals surface area contributed by atoms with Gasteiger partial charge in [-0.15, -0.1) is 0 Å². The lowest BCUT2D eigenvalue weighted by atomic mass is 10.1. The number of amidine groups is 1. The summed E-state index contributed by atoms with van der Waals surface area (Å²) in [7, 11) is 0. The van der Waals surface area contributed by atoms with Gasteiger partial charge in [-0.1, -0.05) is 11.2 Å². The van der Waals surface area contributed by atoms with Crippen LogP contribution in [0.5, 0.6) is 0 Å². The highest BCUT2D eigenvalue weighted by atomic mass is 19.1. The van der Waals surface area contributed by atoms with Gasteiger partial charge in [0.15, 0.2) is 5.84 Å². The molecule has 0 radical (unpaired) electrons. The first-order valence-corrected chi connectivity index (χ1v) is 6.37. The first-order chi connectivity index (χ1) is 10.1. The molecule has 0 aliphatic rings. The van der Waals surface area contributed by atoms with Crippen molar-refractivity contribution in [2.45, 2.75) is 6.92 Å². The van der Waals surface area contributed by atoms with Gasteiger partial charge in [0.05, 0.1) is 5.69 Å². The van der Waals surface area contributed by atoms with E-state index < -0.39 is 5.82 Å². The molecule has 0 bridgehead atoms. The summed E-state index contributed by atoms with van der Waals surface area (Å²) in [5.74, 6) is -1.09. The predicted octanol–water partition coefficient (Wildman–Crippen LogP) is 3.22. The van der Waals surface area contributed by atoms with E-state index in [0.717, 1.165) is 0 Å². The van der Waals surface area contributed by atoms with Crippen molar-refractivity contribution >= 4 is 17.2 Å². The number of oxime groups is 1. The van der Waals surface area contributed by atoms with Crippen LogP contribution in [0.1, 0.15) is 12.5 Å². The van der Waals surface area contributed by atoms with Gasteiger partial charge >= 0.3 is 0 Å². The number of benzene rings is 2. The van der Waals surface area contributed by atoms with Crippen LogP contribution in [-0.4, -0.2) is 17.6 Å². The topological polar surface area (TPSA) is 61.8 Å². The van der Waals surface area contributed by atoms with Gasteiger partial charge in [0.1, 0.15) is 11.6 Å². The fraction of sp³-hybridized carbons (Fsp3) is 0.133. The van der Waals surface area contributed by atoms with Crippen molar-refractivity contribution in [1.82, 2.24) is 0 Å². The second-order valence-corrected chi connectivity index (χ2v) is 4.37. The summed E-state index contributed by atoms with van der Waals surface area (Å²) in [6, 6.07) is 9.97. The zero-order valence-corrected chi connectivity index (χ0v) is 11.4. The minimum Gasteiger partial charge on any atom is -0.409 e. The first kappa shape index (κ1) is 14.8. The highest BCUT2D eigenvalue weighted by Crippen LogP contribution is 2.29. The summed E-state index contributed by atoms with van der Waals surface area (Å²) in [6.07, 6.45) is 0. The Labute approximate surface area is 121 Å². The summed E-state index contributed by atoms with van der Waals surface area (Å²) in [5, 5.41) is 11.8. The maximum atomic E-state index is 13.4.